The van der Waals surface area contributed by atoms with Crippen molar-refractivity contribution in [2.45, 2.75) is 12.5 Å². The Labute approximate surface area is 134 Å². The smallest absolute Gasteiger partial charge is 0.370 e. The average molecular weight is 309 g/mol. The van der Waals surface area contributed by atoms with E-state index in [9.17, 15) is 14.9 Å². The molecule has 0 aliphatic rings. The third kappa shape index (κ3) is 3.38. The lowest BCUT2D eigenvalue weighted by molar-refractivity contribution is -0.160. The molecule has 2 rings (SSSR count). The Balaban J connectivity index is 2.44. The highest BCUT2D eigenvalue weighted by Crippen LogP contribution is 2.28. The van der Waals surface area contributed by atoms with Crippen LogP contribution in [0.15, 0.2) is 60.7 Å². The van der Waals surface area contributed by atoms with E-state index in [4.69, 9.17) is 9.47 Å². The number of hydrogen-bond acceptors (Lipinski definition) is 5. The summed E-state index contributed by atoms with van der Waals surface area (Å²) in [6.45, 7) is 1.68. The third-order valence-electron chi connectivity index (χ3n) is 3.16. The normalized spacial score (nSPS) is 12.5. The SMILES string of the molecule is CCOC(=O)C(C#N)(OC(=O)c1ccccc1)c1ccccc1. The van der Waals surface area contributed by atoms with Gasteiger partial charge in [0.1, 0.15) is 6.07 Å². The predicted molar refractivity (Wildman–Crippen MR) is 82.2 cm³/mol. The van der Waals surface area contributed by atoms with Gasteiger partial charge in [-0.2, -0.15) is 5.26 Å². The lowest BCUT2D eigenvalue weighted by atomic mass is 9.95. The van der Waals surface area contributed by atoms with E-state index in [1.807, 2.05) is 0 Å². The quantitative estimate of drug-likeness (QED) is 0.794. The van der Waals surface area contributed by atoms with Crippen LogP contribution in [0.5, 0.6) is 0 Å². The van der Waals surface area contributed by atoms with E-state index in [1.54, 1.807) is 73.7 Å². The summed E-state index contributed by atoms with van der Waals surface area (Å²) < 4.78 is 10.2. The maximum atomic E-state index is 12.3. The molecule has 1 atom stereocenters. The van der Waals surface area contributed by atoms with Gasteiger partial charge in [-0.3, -0.25) is 0 Å². The zero-order valence-corrected chi connectivity index (χ0v) is 12.6. The molecule has 0 fully saturated rings. The van der Waals surface area contributed by atoms with Crippen molar-refractivity contribution in [3.63, 3.8) is 0 Å². The monoisotopic (exact) mass is 309 g/mol. The molecule has 0 radical (unpaired) electrons. The first-order valence-corrected chi connectivity index (χ1v) is 7.06. The number of carbonyl (C=O) groups excluding carboxylic acids is 2. The molecule has 1 unspecified atom stereocenters. The van der Waals surface area contributed by atoms with Crippen LogP contribution in [0.3, 0.4) is 0 Å². The van der Waals surface area contributed by atoms with Crippen LogP contribution in [0, 0.1) is 11.3 Å². The second kappa shape index (κ2) is 7.23. The lowest BCUT2D eigenvalue weighted by Crippen LogP contribution is -2.41. The Bertz CT molecular complexity index is 722. The minimum atomic E-state index is -2.13. The highest BCUT2D eigenvalue weighted by atomic mass is 16.6. The van der Waals surface area contributed by atoms with Crippen molar-refractivity contribution in [3.8, 4) is 6.07 Å². The van der Waals surface area contributed by atoms with E-state index in [0.29, 0.717) is 0 Å². The first kappa shape index (κ1) is 16.2. The maximum absolute atomic E-state index is 12.3. The summed E-state index contributed by atoms with van der Waals surface area (Å²) in [5, 5.41) is 9.59. The maximum Gasteiger partial charge on any atom is 0.370 e. The summed E-state index contributed by atoms with van der Waals surface area (Å²) in [6.07, 6.45) is 0. The van der Waals surface area contributed by atoms with E-state index in [0.717, 1.165) is 0 Å². The molecule has 23 heavy (non-hydrogen) atoms. The molecule has 2 aromatic rings. The van der Waals surface area contributed by atoms with Gasteiger partial charge in [-0.25, -0.2) is 9.59 Å². The van der Waals surface area contributed by atoms with Gasteiger partial charge in [-0.15, -0.1) is 0 Å². The van der Waals surface area contributed by atoms with E-state index >= 15 is 0 Å². The molecule has 5 heteroatoms. The van der Waals surface area contributed by atoms with Crippen LogP contribution in [-0.2, 0) is 19.9 Å². The largest absolute Gasteiger partial charge is 0.462 e. The number of esters is 2. The van der Waals surface area contributed by atoms with Crippen LogP contribution in [-0.4, -0.2) is 18.5 Å². The molecule has 0 heterocycles. The molecule has 5 nitrogen and oxygen atoms in total. The molecule has 0 amide bonds. The van der Waals surface area contributed by atoms with E-state index < -0.39 is 17.5 Å². The Kier molecular flexibility index (Phi) is 5.11. The Hall–Kier alpha value is -3.13. The van der Waals surface area contributed by atoms with E-state index in [1.165, 1.54) is 0 Å². The van der Waals surface area contributed by atoms with Gasteiger partial charge in [-0.1, -0.05) is 48.5 Å². The second-order valence-electron chi connectivity index (χ2n) is 4.64. The van der Waals surface area contributed by atoms with Gasteiger partial charge in [-0.05, 0) is 19.1 Å². The number of carbonyl (C=O) groups is 2. The van der Waals surface area contributed by atoms with Crippen LogP contribution in [0.1, 0.15) is 22.8 Å². The molecule has 0 aliphatic heterocycles. The second-order valence-corrected chi connectivity index (χ2v) is 4.64. The van der Waals surface area contributed by atoms with Gasteiger partial charge in [0.05, 0.1) is 12.2 Å². The molecule has 0 saturated carbocycles. The van der Waals surface area contributed by atoms with E-state index in [-0.39, 0.29) is 17.7 Å². The van der Waals surface area contributed by atoms with Gasteiger partial charge >= 0.3 is 17.5 Å². The predicted octanol–water partition coefficient (Wildman–Crippen LogP) is 2.83. The van der Waals surface area contributed by atoms with Gasteiger partial charge in [0.25, 0.3) is 0 Å². The first-order chi connectivity index (χ1) is 11.1. The molecular weight excluding hydrogens is 294 g/mol. The lowest BCUT2D eigenvalue weighted by Gasteiger charge is -2.24. The summed E-state index contributed by atoms with van der Waals surface area (Å²) in [5.74, 6) is -1.69. The van der Waals surface area contributed by atoms with Gasteiger partial charge in [0.15, 0.2) is 0 Å². The number of hydrogen-bond donors (Lipinski definition) is 0. The summed E-state index contributed by atoms with van der Waals surface area (Å²) in [6, 6.07) is 18.1. The van der Waals surface area contributed by atoms with Crippen LogP contribution in [0.4, 0.5) is 0 Å². The topological polar surface area (TPSA) is 76.4 Å². The minimum absolute atomic E-state index is 0.0674. The van der Waals surface area contributed by atoms with E-state index in [2.05, 4.69) is 0 Å². The Morgan fingerprint density at radius 1 is 1.04 bits per heavy atom. The molecule has 0 spiro atoms. The fraction of sp³-hybridized carbons (Fsp3) is 0.167. The highest BCUT2D eigenvalue weighted by molar-refractivity contribution is 5.94. The number of rotatable bonds is 5. The van der Waals surface area contributed by atoms with Crippen molar-refractivity contribution in [2.75, 3.05) is 6.61 Å². The summed E-state index contributed by atoms with van der Waals surface area (Å²) in [5.41, 5.74) is -1.65. The molecule has 0 N–H and O–H groups in total. The van der Waals surface area contributed by atoms with Crippen molar-refractivity contribution in [2.24, 2.45) is 0 Å². The minimum Gasteiger partial charge on any atom is -0.462 e. The van der Waals surface area contributed by atoms with Crippen LogP contribution in [0.25, 0.3) is 0 Å². The Morgan fingerprint density at radius 2 is 1.61 bits per heavy atom. The molecule has 116 valence electrons. The zero-order chi connectivity index (χ0) is 16.7. The first-order valence-electron chi connectivity index (χ1n) is 7.06. The molecule has 2 aromatic carbocycles. The number of benzene rings is 2. The highest BCUT2D eigenvalue weighted by Gasteiger charge is 2.47. The average Bonchev–Trinajstić information content (AvgIpc) is 2.61. The fourth-order valence-electron chi connectivity index (χ4n) is 2.03. The van der Waals surface area contributed by atoms with Gasteiger partial charge in [0.2, 0.25) is 0 Å². The van der Waals surface area contributed by atoms with Crippen molar-refractivity contribution in [1.82, 2.24) is 0 Å². The third-order valence-corrected chi connectivity index (χ3v) is 3.16. The summed E-state index contributed by atoms with van der Waals surface area (Å²) in [7, 11) is 0. The van der Waals surface area contributed by atoms with Crippen molar-refractivity contribution in [1.29, 1.82) is 5.26 Å². The van der Waals surface area contributed by atoms with Crippen LogP contribution < -0.4 is 0 Å². The molecule has 0 aromatic heterocycles. The van der Waals surface area contributed by atoms with Gasteiger partial charge in [0, 0.05) is 5.56 Å². The molecular formula is C18H15NO4. The Morgan fingerprint density at radius 3 is 2.13 bits per heavy atom. The zero-order valence-electron chi connectivity index (χ0n) is 12.6. The molecule has 0 saturated heterocycles. The standard InChI is InChI=1S/C18H15NO4/c1-2-22-17(21)18(13-19,15-11-7-4-8-12-15)23-16(20)14-9-5-3-6-10-14/h3-12H,2H2,1H3. The van der Waals surface area contributed by atoms with Crippen molar-refractivity contribution in [3.05, 3.63) is 71.8 Å². The van der Waals surface area contributed by atoms with Crippen LogP contribution in [0.2, 0.25) is 0 Å². The van der Waals surface area contributed by atoms with Gasteiger partial charge < -0.3 is 9.47 Å². The summed E-state index contributed by atoms with van der Waals surface area (Å²) >= 11 is 0. The number of nitriles is 1. The molecule has 0 bridgehead atoms. The van der Waals surface area contributed by atoms with Crippen molar-refractivity contribution < 1.29 is 19.1 Å². The number of ether oxygens (including phenoxy) is 2. The van der Waals surface area contributed by atoms with Crippen molar-refractivity contribution >= 4 is 11.9 Å². The number of nitrogens with zero attached hydrogens (tertiary/aromatic N) is 1. The molecule has 0 aliphatic carbocycles. The summed E-state index contributed by atoms with van der Waals surface area (Å²) in [4.78, 5) is 24.7. The van der Waals surface area contributed by atoms with Crippen LogP contribution >= 0.6 is 0 Å². The fourth-order valence-corrected chi connectivity index (χ4v) is 2.03.